The molecule has 0 spiro atoms. The van der Waals surface area contributed by atoms with Gasteiger partial charge in [0.05, 0.1) is 22.4 Å². The average molecular weight is 919 g/mol. The topological polar surface area (TPSA) is 115 Å². The van der Waals surface area contributed by atoms with E-state index in [-0.39, 0.29) is 51.1 Å². The highest BCUT2D eigenvalue weighted by atomic mass is 19.4. The van der Waals surface area contributed by atoms with Gasteiger partial charge in [-0.15, -0.1) is 0 Å². The molecule has 8 nitrogen and oxygen atoms in total. The fourth-order valence-corrected chi connectivity index (χ4v) is 7.63. The van der Waals surface area contributed by atoms with E-state index in [9.17, 15) is 82.1 Å². The predicted molar refractivity (Wildman–Crippen MR) is 208 cm³/mol. The standard InChI is InChI=1S/C44H38F12N2O6/c1-8-23(6)58-37(61)27-12-11-25(16-32(27)38(58)62)24-9-10-26(19-59)31(15-24)36(60)57(7)35-14-22(5)30(18-34(35)40(64,43(51,52)53)44(54,55)56)29-17-33(28(20(2)3)13-21(29)4)39(63,41(45,46)47)42(48,49)50/h9-20,23,63-64H,8H2,1-7H3. The number of aliphatic hydroxyl groups is 2. The number of hydrogen-bond acceptors (Lipinski definition) is 6. The molecule has 1 atom stereocenters. The van der Waals surface area contributed by atoms with Gasteiger partial charge in [0.15, 0.2) is 6.29 Å². The fraction of sp³-hybridized carbons (Fsp3) is 0.364. The number of benzene rings is 4. The quantitative estimate of drug-likeness (QED) is 0.0930. The van der Waals surface area contributed by atoms with Crippen LogP contribution in [0.25, 0.3) is 22.3 Å². The van der Waals surface area contributed by atoms with Crippen molar-refractivity contribution in [1.82, 2.24) is 4.90 Å². The highest BCUT2D eigenvalue weighted by Crippen LogP contribution is 2.56. The molecule has 4 aromatic carbocycles. The molecule has 344 valence electrons. The van der Waals surface area contributed by atoms with E-state index in [1.807, 2.05) is 0 Å². The molecule has 3 amide bonds. The first-order valence-corrected chi connectivity index (χ1v) is 19.1. The number of amides is 3. The number of rotatable bonds is 10. The van der Waals surface area contributed by atoms with Crippen LogP contribution in [0.5, 0.6) is 0 Å². The van der Waals surface area contributed by atoms with E-state index in [1.165, 1.54) is 38.1 Å². The van der Waals surface area contributed by atoms with Gasteiger partial charge in [-0.2, -0.15) is 52.7 Å². The molecule has 20 heteroatoms. The van der Waals surface area contributed by atoms with Crippen LogP contribution in [0.15, 0.2) is 60.7 Å². The summed E-state index contributed by atoms with van der Waals surface area (Å²) in [5.41, 5.74) is -20.6. The van der Waals surface area contributed by atoms with Crippen LogP contribution in [-0.2, 0) is 11.2 Å². The van der Waals surface area contributed by atoms with E-state index < -0.39 is 116 Å². The van der Waals surface area contributed by atoms with E-state index in [2.05, 4.69) is 0 Å². The van der Waals surface area contributed by atoms with Crippen molar-refractivity contribution in [1.29, 1.82) is 0 Å². The zero-order valence-corrected chi connectivity index (χ0v) is 34.7. The molecule has 0 aliphatic carbocycles. The summed E-state index contributed by atoms with van der Waals surface area (Å²) in [5, 5.41) is 21.3. The molecule has 4 aromatic rings. The van der Waals surface area contributed by atoms with Crippen molar-refractivity contribution in [3.05, 3.63) is 111 Å². The zero-order chi connectivity index (χ0) is 48.6. The molecule has 0 saturated heterocycles. The molecule has 1 heterocycles. The smallest absolute Gasteiger partial charge is 0.369 e. The SMILES string of the molecule is CCC(C)N1C(=O)c2ccc(-c3ccc(C=O)c(C(=O)N(C)c4cc(C)c(-c5cc(C(O)(C(F)(F)F)C(F)(F)F)c(C(C)C)cc5C)cc4C(O)(C(F)(F)F)C(F)(F)F)c3)cc2C1=O. The van der Waals surface area contributed by atoms with Gasteiger partial charge in [-0.1, -0.05) is 45.0 Å². The van der Waals surface area contributed by atoms with E-state index in [0.29, 0.717) is 19.5 Å². The Morgan fingerprint density at radius 3 is 1.59 bits per heavy atom. The number of hydrogen-bond donors (Lipinski definition) is 2. The lowest BCUT2D eigenvalue weighted by atomic mass is 9.79. The molecule has 0 bridgehead atoms. The lowest BCUT2D eigenvalue weighted by Gasteiger charge is -2.37. The van der Waals surface area contributed by atoms with Gasteiger partial charge in [-0.05, 0) is 108 Å². The van der Waals surface area contributed by atoms with Crippen molar-refractivity contribution < 1.29 is 82.1 Å². The molecule has 0 radical (unpaired) electrons. The number of alkyl halides is 12. The third-order valence-electron chi connectivity index (χ3n) is 11.4. The summed E-state index contributed by atoms with van der Waals surface area (Å²) in [6, 6.07) is 8.40. The molecular formula is C44H38F12N2O6. The van der Waals surface area contributed by atoms with Gasteiger partial charge in [-0.25, -0.2) is 0 Å². The van der Waals surface area contributed by atoms with Gasteiger partial charge in [0, 0.05) is 29.8 Å². The number of anilines is 1. The number of aldehydes is 1. The second kappa shape index (κ2) is 16.3. The second-order valence-electron chi connectivity index (χ2n) is 15.8. The Labute approximate surface area is 357 Å². The number of imide groups is 1. The third kappa shape index (κ3) is 7.81. The number of nitrogens with zero attached hydrogens (tertiary/aromatic N) is 2. The van der Waals surface area contributed by atoms with Crippen LogP contribution in [0, 0.1) is 13.8 Å². The Bertz CT molecular complexity index is 2530. The summed E-state index contributed by atoms with van der Waals surface area (Å²) >= 11 is 0. The maximum atomic E-state index is 14.7. The van der Waals surface area contributed by atoms with Crippen molar-refractivity contribution in [2.45, 2.75) is 95.8 Å². The number of carbonyl (C=O) groups is 4. The van der Waals surface area contributed by atoms with Crippen LogP contribution in [0.3, 0.4) is 0 Å². The van der Waals surface area contributed by atoms with Crippen molar-refractivity contribution >= 4 is 29.7 Å². The summed E-state index contributed by atoms with van der Waals surface area (Å²) in [7, 11) is 0.686. The molecule has 0 saturated carbocycles. The van der Waals surface area contributed by atoms with Crippen molar-refractivity contribution in [2.24, 2.45) is 0 Å². The highest BCUT2D eigenvalue weighted by molar-refractivity contribution is 6.22. The number of halogens is 12. The number of aryl methyl sites for hydroxylation is 2. The van der Waals surface area contributed by atoms with Crippen molar-refractivity contribution in [3.63, 3.8) is 0 Å². The Kier molecular flexibility index (Phi) is 12.6. The monoisotopic (exact) mass is 918 g/mol. The summed E-state index contributed by atoms with van der Waals surface area (Å²) in [4.78, 5) is 54.0. The Hall–Kier alpha value is -5.76. The maximum Gasteiger partial charge on any atom is 0.430 e. The first-order chi connectivity index (χ1) is 29.2. The molecule has 1 unspecified atom stereocenters. The van der Waals surface area contributed by atoms with Gasteiger partial charge in [0.1, 0.15) is 0 Å². The Morgan fingerprint density at radius 2 is 1.11 bits per heavy atom. The molecule has 5 rings (SSSR count). The molecule has 1 aliphatic heterocycles. The molecular weight excluding hydrogens is 880 g/mol. The largest absolute Gasteiger partial charge is 0.430 e. The molecule has 2 N–H and O–H groups in total. The van der Waals surface area contributed by atoms with E-state index >= 15 is 0 Å². The second-order valence-corrected chi connectivity index (χ2v) is 15.8. The minimum Gasteiger partial charge on any atom is -0.369 e. The van der Waals surface area contributed by atoms with Crippen LogP contribution in [0.1, 0.15) is 109 Å². The fourth-order valence-electron chi connectivity index (χ4n) is 7.63. The molecule has 0 fully saturated rings. The van der Waals surface area contributed by atoms with Gasteiger partial charge >= 0.3 is 24.7 Å². The number of fused-ring (bicyclic) bond motifs is 1. The minimum absolute atomic E-state index is 0.0197. The van der Waals surface area contributed by atoms with E-state index in [1.54, 1.807) is 13.8 Å². The van der Waals surface area contributed by atoms with Crippen LogP contribution in [0.4, 0.5) is 58.4 Å². The predicted octanol–water partition coefficient (Wildman–Crippen LogP) is 10.9. The summed E-state index contributed by atoms with van der Waals surface area (Å²) in [6.07, 6.45) is -25.7. The lowest BCUT2D eigenvalue weighted by Crippen LogP contribution is -2.54. The van der Waals surface area contributed by atoms with Crippen LogP contribution in [-0.4, -0.2) is 76.9 Å². The summed E-state index contributed by atoms with van der Waals surface area (Å²) in [5.74, 6) is -3.82. The van der Waals surface area contributed by atoms with Gasteiger partial charge in [-0.3, -0.25) is 24.1 Å². The summed E-state index contributed by atoms with van der Waals surface area (Å²) in [6.45, 7) is 7.82. The van der Waals surface area contributed by atoms with Crippen LogP contribution < -0.4 is 4.90 Å². The van der Waals surface area contributed by atoms with Crippen molar-refractivity contribution in [2.75, 3.05) is 11.9 Å². The van der Waals surface area contributed by atoms with Crippen molar-refractivity contribution in [3.8, 4) is 22.3 Å². The van der Waals surface area contributed by atoms with Crippen LogP contribution in [0.2, 0.25) is 0 Å². The maximum absolute atomic E-state index is 14.7. The van der Waals surface area contributed by atoms with Gasteiger partial charge < -0.3 is 15.1 Å². The zero-order valence-electron chi connectivity index (χ0n) is 34.7. The normalized spacial score (nSPS) is 14.6. The molecule has 1 aliphatic rings. The van der Waals surface area contributed by atoms with E-state index in [0.717, 1.165) is 36.9 Å². The molecule has 64 heavy (non-hydrogen) atoms. The third-order valence-corrected chi connectivity index (χ3v) is 11.4. The van der Waals surface area contributed by atoms with Gasteiger partial charge in [0.2, 0.25) is 0 Å². The highest BCUT2D eigenvalue weighted by Gasteiger charge is 2.73. The number of carbonyl (C=O) groups excluding carboxylic acids is 4. The molecule has 0 aromatic heterocycles. The first kappa shape index (κ1) is 49.3. The first-order valence-electron chi connectivity index (χ1n) is 19.1. The minimum atomic E-state index is -6.66. The van der Waals surface area contributed by atoms with Crippen LogP contribution >= 0.6 is 0 Å². The van der Waals surface area contributed by atoms with E-state index in [4.69, 9.17) is 0 Å². The lowest BCUT2D eigenvalue weighted by molar-refractivity contribution is -0.376. The Morgan fingerprint density at radius 1 is 0.656 bits per heavy atom. The Balaban J connectivity index is 1.77. The summed E-state index contributed by atoms with van der Waals surface area (Å²) < 4.78 is 174. The average Bonchev–Trinajstić information content (AvgIpc) is 3.45. The van der Waals surface area contributed by atoms with Gasteiger partial charge in [0.25, 0.3) is 28.9 Å².